The zero-order chi connectivity index (χ0) is 8.93. The van der Waals surface area contributed by atoms with Gasteiger partial charge in [0.1, 0.15) is 0 Å². The molecule has 1 aliphatic carbocycles. The maximum Gasteiger partial charge on any atom is 0.0220 e. The van der Waals surface area contributed by atoms with Crippen molar-refractivity contribution in [2.75, 3.05) is 6.54 Å². The largest absolute Gasteiger partial charge is 0.294 e. The minimum absolute atomic E-state index is 0.348. The molecule has 1 saturated carbocycles. The number of likely N-dealkylation sites (tertiary alicyclic amines) is 1. The Hall–Kier alpha value is 0.310. The molecule has 1 aliphatic heterocycles. The highest BCUT2D eigenvalue weighted by atomic mass is 32.1. The Labute approximate surface area is 80.9 Å². The Kier molecular flexibility index (Phi) is 1.96. The molecular formula is C10H19NS. The SMILES string of the molecule is CC(C)(C)N1CC2CCC1[C@H]2S. The molecule has 2 unspecified atom stereocenters. The summed E-state index contributed by atoms with van der Waals surface area (Å²) in [6, 6.07) is 0.762. The van der Waals surface area contributed by atoms with E-state index in [1.807, 2.05) is 0 Å². The van der Waals surface area contributed by atoms with Crippen molar-refractivity contribution in [1.82, 2.24) is 4.90 Å². The van der Waals surface area contributed by atoms with E-state index in [4.69, 9.17) is 12.6 Å². The van der Waals surface area contributed by atoms with Gasteiger partial charge in [-0.15, -0.1) is 0 Å². The number of fused-ring (bicyclic) bond motifs is 2. The molecule has 2 aliphatic rings. The van der Waals surface area contributed by atoms with Crippen molar-refractivity contribution in [1.29, 1.82) is 0 Å². The van der Waals surface area contributed by atoms with Crippen molar-refractivity contribution in [2.45, 2.75) is 50.4 Å². The first kappa shape index (κ1) is 8.89. The first-order valence-corrected chi connectivity index (χ1v) is 5.46. The van der Waals surface area contributed by atoms with Crippen molar-refractivity contribution < 1.29 is 0 Å². The van der Waals surface area contributed by atoms with Gasteiger partial charge in [0.25, 0.3) is 0 Å². The van der Waals surface area contributed by atoms with Crippen LogP contribution >= 0.6 is 12.6 Å². The number of nitrogens with zero attached hydrogens (tertiary/aromatic N) is 1. The molecule has 1 heterocycles. The van der Waals surface area contributed by atoms with Gasteiger partial charge in [-0.1, -0.05) is 0 Å². The highest BCUT2D eigenvalue weighted by Crippen LogP contribution is 2.43. The van der Waals surface area contributed by atoms with E-state index in [2.05, 4.69) is 25.7 Å². The zero-order valence-electron chi connectivity index (χ0n) is 8.25. The Balaban J connectivity index is 2.14. The van der Waals surface area contributed by atoms with Crippen molar-refractivity contribution in [3.8, 4) is 0 Å². The number of hydrogen-bond acceptors (Lipinski definition) is 2. The Morgan fingerprint density at radius 1 is 1.25 bits per heavy atom. The third-order valence-electron chi connectivity index (χ3n) is 3.40. The van der Waals surface area contributed by atoms with Crippen LogP contribution in [0.15, 0.2) is 0 Å². The summed E-state index contributed by atoms with van der Waals surface area (Å²) in [5.74, 6) is 0.873. The average molecular weight is 185 g/mol. The van der Waals surface area contributed by atoms with Gasteiger partial charge in [-0.05, 0) is 39.5 Å². The first-order chi connectivity index (χ1) is 5.50. The molecule has 0 aromatic rings. The highest BCUT2D eigenvalue weighted by Gasteiger charge is 2.48. The summed E-state index contributed by atoms with van der Waals surface area (Å²) in [4.78, 5) is 2.64. The molecular weight excluding hydrogens is 166 g/mol. The molecule has 1 saturated heterocycles. The number of hydrogen-bond donors (Lipinski definition) is 1. The molecule has 0 aromatic carbocycles. The topological polar surface area (TPSA) is 3.24 Å². The summed E-state index contributed by atoms with van der Waals surface area (Å²) in [5, 5.41) is 0.657. The van der Waals surface area contributed by atoms with E-state index in [0.29, 0.717) is 10.8 Å². The van der Waals surface area contributed by atoms with Crippen LogP contribution < -0.4 is 0 Å². The van der Waals surface area contributed by atoms with Crippen LogP contribution in [-0.4, -0.2) is 28.3 Å². The zero-order valence-corrected chi connectivity index (χ0v) is 9.14. The molecule has 0 aromatic heterocycles. The second-order valence-electron chi connectivity index (χ2n) is 5.22. The van der Waals surface area contributed by atoms with E-state index in [9.17, 15) is 0 Å². The third kappa shape index (κ3) is 1.20. The second-order valence-corrected chi connectivity index (χ2v) is 5.81. The third-order valence-corrected chi connectivity index (χ3v) is 4.17. The van der Waals surface area contributed by atoms with Crippen LogP contribution in [-0.2, 0) is 0 Å². The average Bonchev–Trinajstić information content (AvgIpc) is 2.45. The number of thiol groups is 1. The molecule has 0 spiro atoms. The Morgan fingerprint density at radius 3 is 2.17 bits per heavy atom. The van der Waals surface area contributed by atoms with E-state index in [1.54, 1.807) is 0 Å². The fourth-order valence-electron chi connectivity index (χ4n) is 2.74. The summed E-state index contributed by atoms with van der Waals surface area (Å²) in [7, 11) is 0. The monoisotopic (exact) mass is 185 g/mol. The molecule has 1 nitrogen and oxygen atoms in total. The molecule has 0 amide bonds. The fraction of sp³-hybridized carbons (Fsp3) is 1.00. The quantitative estimate of drug-likeness (QED) is 0.566. The molecule has 2 rings (SSSR count). The lowest BCUT2D eigenvalue weighted by Crippen LogP contribution is -2.46. The number of piperidine rings is 1. The van der Waals surface area contributed by atoms with Crippen molar-refractivity contribution in [3.05, 3.63) is 0 Å². The lowest BCUT2D eigenvalue weighted by Gasteiger charge is -2.38. The van der Waals surface area contributed by atoms with E-state index < -0.39 is 0 Å². The molecule has 0 N–H and O–H groups in total. The summed E-state index contributed by atoms with van der Waals surface area (Å²) in [6.45, 7) is 8.22. The standard InChI is InChI=1S/C10H19NS/c1-10(2,3)11-6-7-4-5-8(11)9(7)12/h7-9,12H,4-6H2,1-3H3/t7?,8?,9-/m0/s1. The minimum Gasteiger partial charge on any atom is -0.294 e. The molecule has 2 heteroatoms. The summed E-state index contributed by atoms with van der Waals surface area (Å²) in [6.07, 6.45) is 2.78. The summed E-state index contributed by atoms with van der Waals surface area (Å²) >= 11 is 4.69. The molecule has 12 heavy (non-hydrogen) atoms. The predicted octanol–water partition coefficient (Wildman–Crippen LogP) is 2.18. The van der Waals surface area contributed by atoms with Crippen molar-refractivity contribution in [3.63, 3.8) is 0 Å². The lowest BCUT2D eigenvalue weighted by atomic mass is 10.0. The van der Waals surface area contributed by atoms with Crippen LogP contribution in [0.4, 0.5) is 0 Å². The smallest absolute Gasteiger partial charge is 0.0220 e. The first-order valence-electron chi connectivity index (χ1n) is 4.95. The Morgan fingerprint density at radius 2 is 1.92 bits per heavy atom. The molecule has 0 radical (unpaired) electrons. The van der Waals surface area contributed by atoms with Crippen LogP contribution in [0.1, 0.15) is 33.6 Å². The summed E-state index contributed by atoms with van der Waals surface area (Å²) in [5.41, 5.74) is 0.348. The van der Waals surface area contributed by atoms with E-state index >= 15 is 0 Å². The van der Waals surface area contributed by atoms with Gasteiger partial charge >= 0.3 is 0 Å². The van der Waals surface area contributed by atoms with Crippen LogP contribution in [0.3, 0.4) is 0 Å². The van der Waals surface area contributed by atoms with Gasteiger partial charge < -0.3 is 0 Å². The van der Waals surface area contributed by atoms with Crippen LogP contribution in [0, 0.1) is 5.92 Å². The fourth-order valence-corrected chi connectivity index (χ4v) is 3.29. The van der Waals surface area contributed by atoms with Gasteiger partial charge in [-0.3, -0.25) is 4.90 Å². The van der Waals surface area contributed by atoms with Crippen LogP contribution in [0.2, 0.25) is 0 Å². The number of rotatable bonds is 0. The second kappa shape index (κ2) is 2.65. The maximum atomic E-state index is 4.69. The van der Waals surface area contributed by atoms with Crippen LogP contribution in [0.5, 0.6) is 0 Å². The van der Waals surface area contributed by atoms with Gasteiger partial charge in [0.05, 0.1) is 0 Å². The predicted molar refractivity (Wildman–Crippen MR) is 55.7 cm³/mol. The minimum atomic E-state index is 0.348. The Bertz CT molecular complexity index is 185. The van der Waals surface area contributed by atoms with E-state index in [1.165, 1.54) is 19.4 Å². The molecule has 70 valence electrons. The molecule has 2 bridgehead atoms. The van der Waals surface area contributed by atoms with Gasteiger partial charge in [0.15, 0.2) is 0 Å². The molecule has 2 fully saturated rings. The molecule has 3 atom stereocenters. The van der Waals surface area contributed by atoms with Gasteiger partial charge in [-0.25, -0.2) is 0 Å². The summed E-state index contributed by atoms with van der Waals surface area (Å²) < 4.78 is 0. The van der Waals surface area contributed by atoms with Gasteiger partial charge in [-0.2, -0.15) is 12.6 Å². The maximum absolute atomic E-state index is 4.69. The van der Waals surface area contributed by atoms with E-state index in [-0.39, 0.29) is 0 Å². The highest BCUT2D eigenvalue weighted by molar-refractivity contribution is 7.81. The van der Waals surface area contributed by atoms with Gasteiger partial charge in [0, 0.05) is 23.4 Å². The van der Waals surface area contributed by atoms with Crippen molar-refractivity contribution in [2.24, 2.45) is 5.92 Å². The lowest BCUT2D eigenvalue weighted by molar-refractivity contribution is 0.0979. The van der Waals surface area contributed by atoms with Gasteiger partial charge in [0.2, 0.25) is 0 Å². The normalized spacial score (nSPS) is 42.5. The van der Waals surface area contributed by atoms with E-state index in [0.717, 1.165) is 12.0 Å². The van der Waals surface area contributed by atoms with Crippen LogP contribution in [0.25, 0.3) is 0 Å². The van der Waals surface area contributed by atoms with Crippen molar-refractivity contribution >= 4 is 12.6 Å².